The highest BCUT2D eigenvalue weighted by Gasteiger charge is 2.34. The maximum Gasteiger partial charge on any atom is -0.0383 e. The number of hydrogen-bond acceptors (Lipinski definition) is 0. The highest BCUT2D eigenvalue weighted by molar-refractivity contribution is 4.86. The zero-order valence-electron chi connectivity index (χ0n) is 17.5. The van der Waals surface area contributed by atoms with Gasteiger partial charge in [0.05, 0.1) is 0 Å². The molecule has 25 heavy (non-hydrogen) atoms. The second kappa shape index (κ2) is 10.4. The van der Waals surface area contributed by atoms with E-state index in [1.165, 1.54) is 44.9 Å². The van der Waals surface area contributed by atoms with Crippen LogP contribution in [0.3, 0.4) is 0 Å². The second-order valence-corrected chi connectivity index (χ2v) is 10.2. The first-order valence-electron chi connectivity index (χ1n) is 12.3. The highest BCUT2D eigenvalue weighted by atomic mass is 14.4. The van der Waals surface area contributed by atoms with Gasteiger partial charge < -0.3 is 0 Å². The molecule has 3 aliphatic rings. The molecule has 3 fully saturated rings. The summed E-state index contributed by atoms with van der Waals surface area (Å²) in [6, 6.07) is 0. The quantitative estimate of drug-likeness (QED) is 0.406. The Labute approximate surface area is 158 Å². The Hall–Kier alpha value is 0. The van der Waals surface area contributed by atoms with Crippen molar-refractivity contribution in [2.24, 2.45) is 35.5 Å². The largest absolute Gasteiger partial charge is 0.0654 e. The lowest BCUT2D eigenvalue weighted by atomic mass is 9.64. The van der Waals surface area contributed by atoms with Gasteiger partial charge in [0, 0.05) is 0 Å². The minimum atomic E-state index is 1.07. The molecule has 0 spiro atoms. The van der Waals surface area contributed by atoms with Crippen LogP contribution in [-0.4, -0.2) is 0 Å². The van der Waals surface area contributed by atoms with Crippen LogP contribution in [0.25, 0.3) is 0 Å². The fourth-order valence-corrected chi connectivity index (χ4v) is 6.85. The van der Waals surface area contributed by atoms with Crippen molar-refractivity contribution in [3.63, 3.8) is 0 Å². The standard InChI is InChI=1S/C25H46/c1-3-5-6-8-21-11-13-22(14-12-21)23-15-17-24(18-16-23)25-10-7-9-20(4-2)19-25/h20-25H,3-19H2,1-2H3. The molecule has 0 aromatic heterocycles. The van der Waals surface area contributed by atoms with Crippen LogP contribution < -0.4 is 0 Å². The van der Waals surface area contributed by atoms with Crippen molar-refractivity contribution in [2.75, 3.05) is 0 Å². The molecule has 0 bridgehead atoms. The minimum absolute atomic E-state index is 1.07. The zero-order valence-corrected chi connectivity index (χ0v) is 17.5. The molecule has 0 heterocycles. The third-order valence-electron chi connectivity index (χ3n) is 8.66. The molecule has 0 N–H and O–H groups in total. The van der Waals surface area contributed by atoms with Gasteiger partial charge in [0.2, 0.25) is 0 Å². The van der Waals surface area contributed by atoms with Gasteiger partial charge in [-0.25, -0.2) is 0 Å². The molecule has 2 unspecified atom stereocenters. The Morgan fingerprint density at radius 2 is 1.16 bits per heavy atom. The van der Waals surface area contributed by atoms with Crippen LogP contribution in [0, 0.1) is 35.5 Å². The third kappa shape index (κ3) is 5.74. The summed E-state index contributed by atoms with van der Waals surface area (Å²) in [6.07, 6.45) is 26.2. The van der Waals surface area contributed by atoms with E-state index in [0.29, 0.717) is 0 Å². The molecule has 3 rings (SSSR count). The Morgan fingerprint density at radius 1 is 0.560 bits per heavy atom. The van der Waals surface area contributed by atoms with Crippen LogP contribution in [0.2, 0.25) is 0 Å². The zero-order chi connectivity index (χ0) is 17.5. The molecule has 0 aromatic rings. The molecule has 0 aliphatic heterocycles. The predicted octanol–water partition coefficient (Wildman–Crippen LogP) is 8.40. The highest BCUT2D eigenvalue weighted by Crippen LogP contribution is 2.46. The first kappa shape index (κ1) is 19.8. The lowest BCUT2D eigenvalue weighted by Gasteiger charge is -2.41. The molecule has 3 saturated carbocycles. The summed E-state index contributed by atoms with van der Waals surface area (Å²) in [6.45, 7) is 4.76. The Bertz CT molecular complexity index is 343. The third-order valence-corrected chi connectivity index (χ3v) is 8.66. The molecule has 0 amide bonds. The normalized spacial score (nSPS) is 40.1. The monoisotopic (exact) mass is 346 g/mol. The minimum Gasteiger partial charge on any atom is -0.0654 e. The van der Waals surface area contributed by atoms with Crippen LogP contribution in [0.5, 0.6) is 0 Å². The topological polar surface area (TPSA) is 0 Å². The molecule has 0 saturated heterocycles. The first-order valence-corrected chi connectivity index (χ1v) is 12.3. The summed E-state index contributed by atoms with van der Waals surface area (Å²) in [4.78, 5) is 0. The van der Waals surface area contributed by atoms with Gasteiger partial charge in [-0.05, 0) is 80.5 Å². The SMILES string of the molecule is CCCCCC1CCC(C2CCC(C3CCCC(CC)C3)CC2)CC1. The van der Waals surface area contributed by atoms with Crippen molar-refractivity contribution in [1.29, 1.82) is 0 Å². The molecule has 0 radical (unpaired) electrons. The van der Waals surface area contributed by atoms with E-state index in [4.69, 9.17) is 0 Å². The summed E-state index contributed by atoms with van der Waals surface area (Å²) in [5.74, 6) is 6.59. The van der Waals surface area contributed by atoms with Gasteiger partial charge in [-0.3, -0.25) is 0 Å². The Balaban J connectivity index is 1.35. The summed E-state index contributed by atoms with van der Waals surface area (Å²) in [5, 5.41) is 0. The summed E-state index contributed by atoms with van der Waals surface area (Å²) in [5.41, 5.74) is 0. The van der Waals surface area contributed by atoms with Crippen LogP contribution in [0.1, 0.15) is 123 Å². The van der Waals surface area contributed by atoms with E-state index in [-0.39, 0.29) is 0 Å². The predicted molar refractivity (Wildman–Crippen MR) is 111 cm³/mol. The van der Waals surface area contributed by atoms with E-state index in [2.05, 4.69) is 13.8 Å². The van der Waals surface area contributed by atoms with Gasteiger partial charge in [-0.1, -0.05) is 78.1 Å². The van der Waals surface area contributed by atoms with Gasteiger partial charge >= 0.3 is 0 Å². The maximum absolute atomic E-state index is 2.42. The molecule has 146 valence electrons. The Kier molecular flexibility index (Phi) is 8.19. The smallest absolute Gasteiger partial charge is 0.0383 e. The fourth-order valence-electron chi connectivity index (χ4n) is 6.85. The van der Waals surface area contributed by atoms with E-state index in [1.807, 2.05) is 0 Å². The first-order chi connectivity index (χ1) is 12.3. The lowest BCUT2D eigenvalue weighted by molar-refractivity contribution is 0.0992. The van der Waals surface area contributed by atoms with Gasteiger partial charge in [0.25, 0.3) is 0 Å². The van der Waals surface area contributed by atoms with Crippen molar-refractivity contribution in [3.05, 3.63) is 0 Å². The molecule has 0 heteroatoms. The molecule has 0 aromatic carbocycles. The molecular weight excluding hydrogens is 300 g/mol. The number of hydrogen-bond donors (Lipinski definition) is 0. The molecule has 3 aliphatic carbocycles. The summed E-state index contributed by atoms with van der Waals surface area (Å²) < 4.78 is 0. The fraction of sp³-hybridized carbons (Fsp3) is 1.00. The number of unbranched alkanes of at least 4 members (excludes halogenated alkanes) is 2. The van der Waals surface area contributed by atoms with Crippen molar-refractivity contribution in [2.45, 2.75) is 123 Å². The van der Waals surface area contributed by atoms with Crippen LogP contribution in [0.4, 0.5) is 0 Å². The van der Waals surface area contributed by atoms with Crippen molar-refractivity contribution in [3.8, 4) is 0 Å². The summed E-state index contributed by atoms with van der Waals surface area (Å²) >= 11 is 0. The van der Waals surface area contributed by atoms with E-state index < -0.39 is 0 Å². The number of rotatable bonds is 7. The van der Waals surface area contributed by atoms with Gasteiger partial charge in [0.15, 0.2) is 0 Å². The average Bonchev–Trinajstić information content (AvgIpc) is 2.69. The van der Waals surface area contributed by atoms with Crippen molar-refractivity contribution < 1.29 is 0 Å². The van der Waals surface area contributed by atoms with Gasteiger partial charge in [0.1, 0.15) is 0 Å². The van der Waals surface area contributed by atoms with Gasteiger partial charge in [-0.2, -0.15) is 0 Å². The van der Waals surface area contributed by atoms with Crippen molar-refractivity contribution >= 4 is 0 Å². The molecule has 0 nitrogen and oxygen atoms in total. The second-order valence-electron chi connectivity index (χ2n) is 10.2. The van der Waals surface area contributed by atoms with E-state index >= 15 is 0 Å². The van der Waals surface area contributed by atoms with E-state index in [0.717, 1.165) is 35.5 Å². The average molecular weight is 347 g/mol. The molecule has 2 atom stereocenters. The Morgan fingerprint density at radius 3 is 1.76 bits per heavy atom. The maximum atomic E-state index is 2.42. The van der Waals surface area contributed by atoms with Crippen LogP contribution in [-0.2, 0) is 0 Å². The van der Waals surface area contributed by atoms with Crippen LogP contribution >= 0.6 is 0 Å². The summed E-state index contributed by atoms with van der Waals surface area (Å²) in [7, 11) is 0. The lowest BCUT2D eigenvalue weighted by Crippen LogP contribution is -2.30. The van der Waals surface area contributed by atoms with Crippen molar-refractivity contribution in [1.82, 2.24) is 0 Å². The van der Waals surface area contributed by atoms with Crippen LogP contribution in [0.15, 0.2) is 0 Å². The van der Waals surface area contributed by atoms with Gasteiger partial charge in [-0.15, -0.1) is 0 Å². The molecular formula is C25H46. The van der Waals surface area contributed by atoms with E-state index in [9.17, 15) is 0 Å². The van der Waals surface area contributed by atoms with E-state index in [1.54, 1.807) is 64.2 Å².